The van der Waals surface area contributed by atoms with E-state index >= 15 is 0 Å². The van der Waals surface area contributed by atoms with Gasteiger partial charge in [0.1, 0.15) is 17.1 Å². The second kappa shape index (κ2) is 15.5. The van der Waals surface area contributed by atoms with E-state index in [0.29, 0.717) is 22.5 Å². The molecular formula is C51H43N4OPt-. The van der Waals surface area contributed by atoms with E-state index in [9.17, 15) is 10.4 Å². The summed E-state index contributed by atoms with van der Waals surface area (Å²) >= 11 is 0. The molecular weight excluding hydrogens is 880 g/mol. The van der Waals surface area contributed by atoms with Gasteiger partial charge in [-0.05, 0) is 39.2 Å². The largest absolute Gasteiger partial charge is 0.507 e. The number of phenols is 1. The summed E-state index contributed by atoms with van der Waals surface area (Å²) in [6, 6.07) is 50.9. The summed E-state index contributed by atoms with van der Waals surface area (Å²) in [6.45, 7) is 13.0. The number of imidazole rings is 1. The van der Waals surface area contributed by atoms with Crippen molar-refractivity contribution in [3.05, 3.63) is 169 Å². The molecule has 8 aromatic rings. The zero-order valence-corrected chi connectivity index (χ0v) is 35.2. The third-order valence-corrected chi connectivity index (χ3v) is 10.4. The van der Waals surface area contributed by atoms with Crippen molar-refractivity contribution in [2.24, 2.45) is 0 Å². The molecule has 0 radical (unpaired) electrons. The summed E-state index contributed by atoms with van der Waals surface area (Å²) in [5.41, 5.74) is 13.0. The number of nitriles is 1. The monoisotopic (exact) mass is 922 g/mol. The first-order chi connectivity index (χ1) is 26.9. The molecule has 0 fully saturated rings. The fourth-order valence-electron chi connectivity index (χ4n) is 7.35. The summed E-state index contributed by atoms with van der Waals surface area (Å²) in [5.74, 6) is 0.242. The molecule has 5 nitrogen and oxygen atoms in total. The van der Waals surface area contributed by atoms with Gasteiger partial charge in [-0.3, -0.25) is 4.98 Å². The third kappa shape index (κ3) is 7.59. The van der Waals surface area contributed by atoms with Crippen molar-refractivity contribution in [3.63, 3.8) is 0 Å². The Bertz CT molecular complexity index is 2770. The number of nitrogens with zero attached hydrogens (tertiary/aromatic N) is 4. The second-order valence-corrected chi connectivity index (χ2v) is 16.4. The summed E-state index contributed by atoms with van der Waals surface area (Å²) in [7, 11) is 0. The Morgan fingerprint density at radius 2 is 1.25 bits per heavy atom. The Hall–Kier alpha value is -6.08. The Kier molecular flexibility index (Phi) is 10.6. The molecule has 0 unspecified atom stereocenters. The quantitative estimate of drug-likeness (QED) is 0.169. The molecule has 8 rings (SSSR count). The van der Waals surface area contributed by atoms with Crippen molar-refractivity contribution >= 4 is 5.65 Å². The van der Waals surface area contributed by atoms with Gasteiger partial charge in [-0.1, -0.05) is 168 Å². The maximum Gasteiger partial charge on any atom is 0.128 e. The van der Waals surface area contributed by atoms with E-state index < -0.39 is 0 Å². The van der Waals surface area contributed by atoms with E-state index in [0.717, 1.165) is 67.0 Å². The molecule has 0 aliphatic rings. The summed E-state index contributed by atoms with van der Waals surface area (Å²) < 4.78 is 2.13. The van der Waals surface area contributed by atoms with Gasteiger partial charge in [-0.25, -0.2) is 4.98 Å². The molecule has 5 aromatic carbocycles. The predicted octanol–water partition coefficient (Wildman–Crippen LogP) is 12.7. The van der Waals surface area contributed by atoms with Gasteiger partial charge < -0.3 is 9.51 Å². The molecule has 0 saturated heterocycles. The third-order valence-electron chi connectivity index (χ3n) is 10.4. The van der Waals surface area contributed by atoms with Gasteiger partial charge in [0, 0.05) is 61.4 Å². The number of aromatic hydroxyl groups is 1. The van der Waals surface area contributed by atoms with Crippen LogP contribution in [-0.4, -0.2) is 19.5 Å². The van der Waals surface area contributed by atoms with E-state index in [1.165, 1.54) is 0 Å². The zero-order valence-electron chi connectivity index (χ0n) is 32.9. The van der Waals surface area contributed by atoms with Crippen molar-refractivity contribution < 1.29 is 26.2 Å². The summed E-state index contributed by atoms with van der Waals surface area (Å²) in [5, 5.41) is 22.4. The Labute approximate surface area is 349 Å². The fraction of sp³-hybridized carbons (Fsp3) is 0.157. The number of hydrogen-bond donors (Lipinski definition) is 1. The number of benzene rings is 5. The molecule has 3 heterocycles. The maximum absolute atomic E-state index is 12.1. The van der Waals surface area contributed by atoms with E-state index in [4.69, 9.17) is 9.97 Å². The number of pyridine rings is 2. The first-order valence-corrected chi connectivity index (χ1v) is 18.9. The van der Waals surface area contributed by atoms with Crippen LogP contribution in [0.3, 0.4) is 0 Å². The minimum Gasteiger partial charge on any atom is -0.507 e. The number of aromatic nitrogens is 3. The minimum absolute atomic E-state index is 0. The molecule has 1 N–H and O–H groups in total. The van der Waals surface area contributed by atoms with Crippen LogP contribution in [0.25, 0.3) is 72.8 Å². The van der Waals surface area contributed by atoms with Crippen molar-refractivity contribution in [1.82, 2.24) is 14.4 Å². The molecule has 0 atom stereocenters. The maximum atomic E-state index is 12.1. The van der Waals surface area contributed by atoms with Gasteiger partial charge in [-0.15, -0.1) is 23.8 Å². The van der Waals surface area contributed by atoms with Crippen LogP contribution >= 0.6 is 0 Å². The molecule has 3 aromatic heterocycles. The van der Waals surface area contributed by atoms with Crippen molar-refractivity contribution in [2.45, 2.75) is 52.4 Å². The smallest absolute Gasteiger partial charge is 0.128 e. The van der Waals surface area contributed by atoms with E-state index in [1.54, 1.807) is 6.20 Å². The van der Waals surface area contributed by atoms with Crippen LogP contribution < -0.4 is 0 Å². The van der Waals surface area contributed by atoms with Gasteiger partial charge in [0.25, 0.3) is 0 Å². The van der Waals surface area contributed by atoms with E-state index in [1.807, 2.05) is 85.1 Å². The van der Waals surface area contributed by atoms with Gasteiger partial charge >= 0.3 is 0 Å². The fourth-order valence-corrected chi connectivity index (χ4v) is 7.35. The summed E-state index contributed by atoms with van der Waals surface area (Å²) in [6.07, 6.45) is 3.82. The topological polar surface area (TPSA) is 74.2 Å². The first-order valence-electron chi connectivity index (χ1n) is 18.9. The first kappa shape index (κ1) is 39.2. The Morgan fingerprint density at radius 1 is 0.632 bits per heavy atom. The Balaban J connectivity index is 0.00000496. The van der Waals surface area contributed by atoms with Crippen LogP contribution in [0.4, 0.5) is 0 Å². The van der Waals surface area contributed by atoms with Crippen LogP contribution in [-0.2, 0) is 31.9 Å². The molecule has 284 valence electrons. The van der Waals surface area contributed by atoms with Crippen LogP contribution in [0.2, 0.25) is 0 Å². The van der Waals surface area contributed by atoms with Crippen molar-refractivity contribution in [1.29, 1.82) is 5.26 Å². The second-order valence-electron chi connectivity index (χ2n) is 16.4. The average Bonchev–Trinajstić information content (AvgIpc) is 3.60. The minimum atomic E-state index is -0.306. The van der Waals surface area contributed by atoms with Crippen molar-refractivity contribution in [3.8, 4) is 79.0 Å². The molecule has 0 aliphatic heterocycles. The number of phenolic OH excluding ortho intramolecular Hbond substituents is 1. The molecule has 0 spiro atoms. The molecule has 0 amide bonds. The van der Waals surface area contributed by atoms with Crippen LogP contribution in [0, 0.1) is 17.4 Å². The predicted molar refractivity (Wildman–Crippen MR) is 228 cm³/mol. The summed E-state index contributed by atoms with van der Waals surface area (Å²) in [4.78, 5) is 10.3. The molecule has 6 heteroatoms. The van der Waals surface area contributed by atoms with E-state index in [2.05, 4.69) is 113 Å². The Morgan fingerprint density at radius 3 is 1.86 bits per heavy atom. The van der Waals surface area contributed by atoms with Crippen LogP contribution in [0.5, 0.6) is 5.75 Å². The van der Waals surface area contributed by atoms with E-state index in [-0.39, 0.29) is 37.6 Å². The number of hydrogen-bond acceptors (Lipinski definition) is 4. The van der Waals surface area contributed by atoms with Crippen LogP contribution in [0.1, 0.15) is 58.2 Å². The number of rotatable bonds is 6. The molecule has 57 heavy (non-hydrogen) atoms. The van der Waals surface area contributed by atoms with Gasteiger partial charge in [0.15, 0.2) is 0 Å². The normalized spacial score (nSPS) is 11.6. The van der Waals surface area contributed by atoms with Crippen LogP contribution in [0.15, 0.2) is 146 Å². The SMILES string of the molecule is CC(C)(C)c1cc(-c2nc3c(-c4[c-]c(-c5cc(C#N)c(-c6ccccc6)cn5)cc(-c5ccccc5)c4)cccn3c2-c2ccccc2)c(O)c(C(C)(C)C)c1.[Pt]. The molecule has 0 bridgehead atoms. The average molecular weight is 923 g/mol. The van der Waals surface area contributed by atoms with Crippen molar-refractivity contribution in [2.75, 3.05) is 0 Å². The van der Waals surface area contributed by atoms with Gasteiger partial charge in [0.05, 0.1) is 17.3 Å². The van der Waals surface area contributed by atoms with Gasteiger partial charge in [0.2, 0.25) is 0 Å². The molecule has 0 saturated carbocycles. The zero-order chi connectivity index (χ0) is 39.2. The molecule has 0 aliphatic carbocycles. The standard InChI is InChI=1S/C51H43N4O.Pt/c1-50(2,3)40-29-42(48(56)44(30-40)51(4,5)6)46-47(35-21-14-9-15-22-35)55-24-16-23-41(49(55)54-46)37-25-36(33-17-10-7-11-18-33)26-38(27-37)45-28-39(31-52)43(32-53-45)34-19-12-8-13-20-34;/h7-26,28-30,32,56H,1-6H3;/q-1;. The van der Waals surface area contributed by atoms with Gasteiger partial charge in [-0.2, -0.15) is 5.26 Å². The number of fused-ring (bicyclic) bond motifs is 1.